The van der Waals surface area contributed by atoms with Crippen molar-refractivity contribution in [2.45, 2.75) is 51.1 Å². The average Bonchev–Trinajstić information content (AvgIpc) is 2.78. The Labute approximate surface area is 109 Å². The zero-order valence-corrected chi connectivity index (χ0v) is 11.2. The second kappa shape index (κ2) is 5.11. The van der Waals surface area contributed by atoms with Crippen molar-refractivity contribution in [3.05, 3.63) is 35.4 Å². The van der Waals surface area contributed by atoms with Gasteiger partial charge in [-0.05, 0) is 32.3 Å². The Hall–Kier alpha value is -1.35. The Morgan fingerprint density at radius 1 is 1.28 bits per heavy atom. The van der Waals surface area contributed by atoms with Crippen molar-refractivity contribution in [2.24, 2.45) is 5.73 Å². The molecule has 1 atom stereocenters. The molecule has 0 heterocycles. The standard InChI is InChI=1S/C15H22N2O/c1-11-5-7-13(8-6-11)12(2)17-14(18)15(16)9-3-4-10-15/h5-8,12H,3-4,9-10,16H2,1-2H3,(H,17,18)/t12-/m0/s1. The van der Waals surface area contributed by atoms with Crippen LogP contribution in [0.25, 0.3) is 0 Å². The number of amides is 1. The minimum atomic E-state index is -0.640. The Morgan fingerprint density at radius 2 is 1.83 bits per heavy atom. The van der Waals surface area contributed by atoms with Crippen LogP contribution in [0.5, 0.6) is 0 Å². The minimum absolute atomic E-state index is 0.00641. The second-order valence-electron chi connectivity index (χ2n) is 5.47. The molecule has 0 aromatic heterocycles. The van der Waals surface area contributed by atoms with Gasteiger partial charge >= 0.3 is 0 Å². The average molecular weight is 246 g/mol. The van der Waals surface area contributed by atoms with Crippen LogP contribution in [0.2, 0.25) is 0 Å². The summed E-state index contributed by atoms with van der Waals surface area (Å²) in [6, 6.07) is 8.24. The van der Waals surface area contributed by atoms with E-state index in [1.165, 1.54) is 5.56 Å². The van der Waals surface area contributed by atoms with Crippen molar-refractivity contribution in [3.8, 4) is 0 Å². The molecule has 0 unspecified atom stereocenters. The molecule has 3 nitrogen and oxygen atoms in total. The Morgan fingerprint density at radius 3 is 2.39 bits per heavy atom. The molecule has 1 aromatic rings. The van der Waals surface area contributed by atoms with Gasteiger partial charge in [-0.2, -0.15) is 0 Å². The first-order valence-electron chi connectivity index (χ1n) is 6.68. The number of carbonyl (C=O) groups excluding carboxylic acids is 1. The maximum absolute atomic E-state index is 12.2. The normalized spacial score (nSPS) is 19.5. The second-order valence-corrected chi connectivity index (χ2v) is 5.47. The molecule has 1 saturated carbocycles. The lowest BCUT2D eigenvalue weighted by atomic mass is 9.97. The van der Waals surface area contributed by atoms with Crippen LogP contribution < -0.4 is 11.1 Å². The predicted molar refractivity (Wildman–Crippen MR) is 73.1 cm³/mol. The van der Waals surface area contributed by atoms with Crippen molar-refractivity contribution in [2.75, 3.05) is 0 Å². The summed E-state index contributed by atoms with van der Waals surface area (Å²) in [6.45, 7) is 4.06. The fourth-order valence-corrected chi connectivity index (χ4v) is 2.51. The minimum Gasteiger partial charge on any atom is -0.348 e. The highest BCUT2D eigenvalue weighted by Crippen LogP contribution is 2.28. The molecule has 18 heavy (non-hydrogen) atoms. The lowest BCUT2D eigenvalue weighted by molar-refractivity contribution is -0.126. The summed E-state index contributed by atoms with van der Waals surface area (Å²) in [5.74, 6) is -0.00641. The molecule has 3 N–H and O–H groups in total. The number of carbonyl (C=O) groups is 1. The Balaban J connectivity index is 2.00. The number of hydrogen-bond acceptors (Lipinski definition) is 2. The molecule has 0 spiro atoms. The van der Waals surface area contributed by atoms with Gasteiger partial charge in [0.2, 0.25) is 5.91 Å². The molecule has 1 aromatic carbocycles. The molecular weight excluding hydrogens is 224 g/mol. The monoisotopic (exact) mass is 246 g/mol. The van der Waals surface area contributed by atoms with E-state index in [1.54, 1.807) is 0 Å². The van der Waals surface area contributed by atoms with Gasteiger partial charge in [0.25, 0.3) is 0 Å². The first-order chi connectivity index (χ1) is 8.51. The summed E-state index contributed by atoms with van der Waals surface area (Å²) in [5, 5.41) is 3.03. The van der Waals surface area contributed by atoms with E-state index in [0.717, 1.165) is 31.2 Å². The van der Waals surface area contributed by atoms with Crippen LogP contribution in [-0.4, -0.2) is 11.4 Å². The topological polar surface area (TPSA) is 55.1 Å². The summed E-state index contributed by atoms with van der Waals surface area (Å²) in [6.07, 6.45) is 3.73. The van der Waals surface area contributed by atoms with E-state index in [0.29, 0.717) is 0 Å². The van der Waals surface area contributed by atoms with Crippen molar-refractivity contribution in [3.63, 3.8) is 0 Å². The molecule has 2 rings (SSSR count). The maximum atomic E-state index is 12.2. The highest BCUT2D eigenvalue weighted by Gasteiger charge is 2.37. The smallest absolute Gasteiger partial charge is 0.240 e. The van der Waals surface area contributed by atoms with Crippen LogP contribution in [0.3, 0.4) is 0 Å². The summed E-state index contributed by atoms with van der Waals surface area (Å²) >= 11 is 0. The third kappa shape index (κ3) is 2.72. The fourth-order valence-electron chi connectivity index (χ4n) is 2.51. The van der Waals surface area contributed by atoms with Crippen LogP contribution in [-0.2, 0) is 4.79 Å². The first kappa shape index (κ1) is 13.1. The summed E-state index contributed by atoms with van der Waals surface area (Å²) in [7, 11) is 0. The van der Waals surface area contributed by atoms with Gasteiger partial charge < -0.3 is 11.1 Å². The summed E-state index contributed by atoms with van der Waals surface area (Å²) < 4.78 is 0. The van der Waals surface area contributed by atoms with Gasteiger partial charge in [0.1, 0.15) is 0 Å². The predicted octanol–water partition coefficient (Wildman–Crippen LogP) is 2.44. The molecule has 0 saturated heterocycles. The van der Waals surface area contributed by atoms with E-state index in [4.69, 9.17) is 5.73 Å². The molecule has 1 aliphatic carbocycles. The van der Waals surface area contributed by atoms with Crippen LogP contribution in [0.15, 0.2) is 24.3 Å². The molecule has 3 heteroatoms. The van der Waals surface area contributed by atoms with Gasteiger partial charge in [-0.25, -0.2) is 0 Å². The van der Waals surface area contributed by atoms with Gasteiger partial charge in [0.15, 0.2) is 0 Å². The summed E-state index contributed by atoms with van der Waals surface area (Å²) in [5.41, 5.74) is 7.85. The number of nitrogens with one attached hydrogen (secondary N) is 1. The third-order valence-electron chi connectivity index (χ3n) is 3.87. The molecule has 1 fully saturated rings. The zero-order valence-electron chi connectivity index (χ0n) is 11.2. The van der Waals surface area contributed by atoms with Crippen LogP contribution >= 0.6 is 0 Å². The van der Waals surface area contributed by atoms with E-state index in [1.807, 2.05) is 6.92 Å². The van der Waals surface area contributed by atoms with E-state index in [2.05, 4.69) is 36.5 Å². The number of nitrogens with two attached hydrogens (primary N) is 1. The lowest BCUT2D eigenvalue weighted by Gasteiger charge is -2.25. The van der Waals surface area contributed by atoms with Crippen molar-refractivity contribution >= 4 is 5.91 Å². The molecule has 0 aliphatic heterocycles. The van der Waals surface area contributed by atoms with Gasteiger partial charge in [0, 0.05) is 0 Å². The van der Waals surface area contributed by atoms with Crippen molar-refractivity contribution < 1.29 is 4.79 Å². The third-order valence-corrected chi connectivity index (χ3v) is 3.87. The molecule has 1 amide bonds. The number of rotatable bonds is 3. The molecular formula is C15H22N2O. The zero-order chi connectivity index (χ0) is 13.2. The highest BCUT2D eigenvalue weighted by atomic mass is 16.2. The fraction of sp³-hybridized carbons (Fsp3) is 0.533. The number of hydrogen-bond donors (Lipinski definition) is 2. The SMILES string of the molecule is Cc1ccc([C@H](C)NC(=O)C2(N)CCCC2)cc1. The van der Waals surface area contributed by atoms with Crippen molar-refractivity contribution in [1.82, 2.24) is 5.32 Å². The lowest BCUT2D eigenvalue weighted by Crippen LogP contribution is -2.52. The van der Waals surface area contributed by atoms with E-state index >= 15 is 0 Å². The Bertz CT molecular complexity index is 419. The highest BCUT2D eigenvalue weighted by molar-refractivity contribution is 5.86. The van der Waals surface area contributed by atoms with E-state index in [9.17, 15) is 4.79 Å². The number of benzene rings is 1. The molecule has 0 radical (unpaired) electrons. The van der Waals surface area contributed by atoms with Crippen molar-refractivity contribution in [1.29, 1.82) is 0 Å². The van der Waals surface area contributed by atoms with Gasteiger partial charge in [-0.3, -0.25) is 4.79 Å². The number of aryl methyl sites for hydroxylation is 1. The molecule has 0 bridgehead atoms. The Kier molecular flexibility index (Phi) is 3.71. The van der Waals surface area contributed by atoms with Gasteiger partial charge in [-0.1, -0.05) is 42.7 Å². The quantitative estimate of drug-likeness (QED) is 0.860. The van der Waals surface area contributed by atoms with E-state index in [-0.39, 0.29) is 11.9 Å². The van der Waals surface area contributed by atoms with Crippen LogP contribution in [0, 0.1) is 6.92 Å². The van der Waals surface area contributed by atoms with Crippen LogP contribution in [0.1, 0.15) is 49.8 Å². The van der Waals surface area contributed by atoms with Crippen LogP contribution in [0.4, 0.5) is 0 Å². The van der Waals surface area contributed by atoms with E-state index < -0.39 is 5.54 Å². The largest absolute Gasteiger partial charge is 0.348 e. The van der Waals surface area contributed by atoms with Gasteiger partial charge in [-0.15, -0.1) is 0 Å². The summed E-state index contributed by atoms with van der Waals surface area (Å²) in [4.78, 5) is 12.2. The maximum Gasteiger partial charge on any atom is 0.240 e. The van der Waals surface area contributed by atoms with Gasteiger partial charge in [0.05, 0.1) is 11.6 Å². The first-order valence-corrected chi connectivity index (χ1v) is 6.68. The molecule has 98 valence electrons. The molecule has 1 aliphatic rings.